The predicted octanol–water partition coefficient (Wildman–Crippen LogP) is 3.25. The minimum absolute atomic E-state index is 0.170. The van der Waals surface area contributed by atoms with Gasteiger partial charge in [0.1, 0.15) is 0 Å². The van der Waals surface area contributed by atoms with Gasteiger partial charge in [0.25, 0.3) is 0 Å². The van der Waals surface area contributed by atoms with Crippen molar-refractivity contribution in [1.29, 1.82) is 5.41 Å². The van der Waals surface area contributed by atoms with E-state index in [4.69, 9.17) is 5.41 Å². The van der Waals surface area contributed by atoms with Gasteiger partial charge >= 0.3 is 0 Å². The molecule has 0 aliphatic rings. The molecule has 0 aromatic heterocycles. The second-order valence-corrected chi connectivity index (χ2v) is 5.54. The number of hydrogen-bond donors (Lipinski definition) is 2. The zero-order valence-electron chi connectivity index (χ0n) is 11.5. The van der Waals surface area contributed by atoms with Crippen molar-refractivity contribution in [1.82, 2.24) is 0 Å². The van der Waals surface area contributed by atoms with E-state index < -0.39 is 5.60 Å². The van der Waals surface area contributed by atoms with Gasteiger partial charge in [-0.15, -0.1) is 0 Å². The Hall–Kier alpha value is -1.15. The van der Waals surface area contributed by atoms with E-state index in [0.29, 0.717) is 0 Å². The zero-order valence-corrected chi connectivity index (χ0v) is 11.5. The lowest BCUT2D eigenvalue weighted by atomic mass is 9.85. The number of benzene rings is 1. The second-order valence-electron chi connectivity index (χ2n) is 5.54. The molecule has 0 aliphatic heterocycles. The van der Waals surface area contributed by atoms with Crippen molar-refractivity contribution in [2.75, 3.05) is 0 Å². The maximum Gasteiger partial charge on any atom is 0.0620 e. The Balaban J connectivity index is 3.06. The monoisotopic (exact) mass is 233 g/mol. The van der Waals surface area contributed by atoms with Gasteiger partial charge in [0.05, 0.1) is 5.60 Å². The van der Waals surface area contributed by atoms with Gasteiger partial charge in [-0.1, -0.05) is 13.0 Å². The highest BCUT2D eigenvalue weighted by Gasteiger charge is 2.23. The van der Waals surface area contributed by atoms with E-state index in [9.17, 15) is 5.11 Å². The van der Waals surface area contributed by atoms with E-state index in [1.165, 1.54) is 17.3 Å². The average Bonchev–Trinajstić information content (AvgIpc) is 2.21. The molecule has 0 fully saturated rings. The lowest BCUT2D eigenvalue weighted by Gasteiger charge is -2.26. The van der Waals surface area contributed by atoms with Crippen molar-refractivity contribution >= 4 is 6.21 Å². The molecule has 1 aromatic carbocycles. The van der Waals surface area contributed by atoms with Gasteiger partial charge in [0.15, 0.2) is 0 Å². The van der Waals surface area contributed by atoms with Gasteiger partial charge in [-0.25, -0.2) is 0 Å². The average molecular weight is 233 g/mol. The van der Waals surface area contributed by atoms with Crippen LogP contribution in [0.5, 0.6) is 0 Å². The van der Waals surface area contributed by atoms with E-state index in [2.05, 4.69) is 26.0 Å². The molecule has 0 saturated carbocycles. The molecule has 0 saturated heterocycles. The quantitative estimate of drug-likeness (QED) is 0.770. The van der Waals surface area contributed by atoms with E-state index in [-0.39, 0.29) is 5.92 Å². The van der Waals surface area contributed by atoms with Crippen molar-refractivity contribution in [2.24, 2.45) is 5.92 Å². The van der Waals surface area contributed by atoms with Crippen LogP contribution in [0.15, 0.2) is 12.1 Å². The van der Waals surface area contributed by atoms with Crippen LogP contribution in [-0.2, 0) is 6.42 Å². The molecule has 17 heavy (non-hydrogen) atoms. The van der Waals surface area contributed by atoms with E-state index in [1.807, 2.05) is 20.8 Å². The summed E-state index contributed by atoms with van der Waals surface area (Å²) in [6.07, 6.45) is 2.20. The largest absolute Gasteiger partial charge is 0.390 e. The lowest BCUT2D eigenvalue weighted by molar-refractivity contribution is 0.0250. The van der Waals surface area contributed by atoms with Gasteiger partial charge in [-0.3, -0.25) is 0 Å². The highest BCUT2D eigenvalue weighted by Crippen LogP contribution is 2.24. The summed E-state index contributed by atoms with van der Waals surface area (Å²) < 4.78 is 0. The summed E-state index contributed by atoms with van der Waals surface area (Å²) in [7, 11) is 0. The Bertz CT molecular complexity index is 416. The molecule has 0 heterocycles. The van der Waals surface area contributed by atoms with Gasteiger partial charge in [0, 0.05) is 6.21 Å². The fraction of sp³-hybridized carbons (Fsp3) is 0.533. The van der Waals surface area contributed by atoms with Gasteiger partial charge < -0.3 is 10.5 Å². The van der Waals surface area contributed by atoms with E-state index >= 15 is 0 Å². The van der Waals surface area contributed by atoms with Crippen LogP contribution in [0.3, 0.4) is 0 Å². The number of nitrogens with one attached hydrogen (secondary N) is 1. The molecular weight excluding hydrogens is 210 g/mol. The van der Waals surface area contributed by atoms with Crippen LogP contribution < -0.4 is 0 Å². The topological polar surface area (TPSA) is 44.1 Å². The Kier molecular flexibility index (Phi) is 4.10. The molecular formula is C15H23NO. The molecule has 1 atom stereocenters. The number of aryl methyl sites for hydroxylation is 2. The fourth-order valence-corrected chi connectivity index (χ4v) is 1.79. The highest BCUT2D eigenvalue weighted by atomic mass is 16.3. The van der Waals surface area contributed by atoms with Crippen LogP contribution >= 0.6 is 0 Å². The number of hydrogen-bond acceptors (Lipinski definition) is 2. The Morgan fingerprint density at radius 3 is 2.29 bits per heavy atom. The molecule has 0 bridgehead atoms. The first-order valence-corrected chi connectivity index (χ1v) is 6.08. The molecule has 0 aliphatic carbocycles. The molecule has 1 unspecified atom stereocenters. The summed E-state index contributed by atoms with van der Waals surface area (Å²) in [4.78, 5) is 0. The molecule has 2 N–H and O–H groups in total. The van der Waals surface area contributed by atoms with Gasteiger partial charge in [0.2, 0.25) is 0 Å². The predicted molar refractivity (Wildman–Crippen MR) is 73.0 cm³/mol. The molecule has 2 nitrogen and oxygen atoms in total. The third kappa shape index (κ3) is 3.40. The van der Waals surface area contributed by atoms with Crippen LogP contribution in [0.25, 0.3) is 0 Å². The normalized spacial score (nSPS) is 13.5. The molecule has 0 amide bonds. The summed E-state index contributed by atoms with van der Waals surface area (Å²) in [6, 6.07) is 4.19. The second kappa shape index (κ2) is 5.01. The minimum atomic E-state index is -0.682. The van der Waals surface area contributed by atoms with Crippen LogP contribution in [0.1, 0.15) is 43.0 Å². The van der Waals surface area contributed by atoms with Crippen molar-refractivity contribution in [3.05, 3.63) is 34.4 Å². The number of aliphatic hydroxyl groups is 1. The molecule has 2 heteroatoms. The Labute approximate surface area is 104 Å². The van der Waals surface area contributed by atoms with Crippen LogP contribution in [0, 0.1) is 25.2 Å². The van der Waals surface area contributed by atoms with Crippen molar-refractivity contribution in [3.8, 4) is 0 Å². The first kappa shape index (κ1) is 13.9. The summed E-state index contributed by atoms with van der Waals surface area (Å²) in [5.74, 6) is 0.170. The maximum atomic E-state index is 9.98. The standard InChI is InChI=1S/C15H23NO/c1-10-6-13(8-12(3)15(4,5)17)14(9-16)7-11(10)2/h6-7,9,12,16-17H,8H2,1-5H3. The van der Waals surface area contributed by atoms with Crippen LogP contribution in [0.2, 0.25) is 0 Å². The SMILES string of the molecule is Cc1cc(C=N)c(CC(C)C(C)(C)O)cc1C. The van der Waals surface area contributed by atoms with Crippen LogP contribution in [-0.4, -0.2) is 16.9 Å². The smallest absolute Gasteiger partial charge is 0.0620 e. The van der Waals surface area contributed by atoms with Gasteiger partial charge in [-0.05, 0) is 68.4 Å². The third-order valence-corrected chi connectivity index (χ3v) is 3.64. The van der Waals surface area contributed by atoms with Crippen molar-refractivity contribution < 1.29 is 5.11 Å². The molecule has 1 aromatic rings. The first-order chi connectivity index (χ1) is 7.75. The Morgan fingerprint density at radius 1 is 1.29 bits per heavy atom. The van der Waals surface area contributed by atoms with Crippen molar-refractivity contribution in [3.63, 3.8) is 0 Å². The lowest BCUT2D eigenvalue weighted by Crippen LogP contribution is -2.30. The highest BCUT2D eigenvalue weighted by molar-refractivity contribution is 5.80. The summed E-state index contributed by atoms with van der Waals surface area (Å²) >= 11 is 0. The van der Waals surface area contributed by atoms with Crippen molar-refractivity contribution in [2.45, 2.75) is 46.6 Å². The third-order valence-electron chi connectivity index (χ3n) is 3.64. The summed E-state index contributed by atoms with van der Waals surface area (Å²) in [5.41, 5.74) is 3.89. The molecule has 1 rings (SSSR count). The zero-order chi connectivity index (χ0) is 13.2. The minimum Gasteiger partial charge on any atom is -0.390 e. The van der Waals surface area contributed by atoms with E-state index in [0.717, 1.165) is 17.5 Å². The van der Waals surface area contributed by atoms with E-state index in [1.54, 1.807) is 0 Å². The Morgan fingerprint density at radius 2 is 1.82 bits per heavy atom. The summed E-state index contributed by atoms with van der Waals surface area (Å²) in [6.45, 7) is 9.86. The maximum absolute atomic E-state index is 9.98. The first-order valence-electron chi connectivity index (χ1n) is 6.08. The molecule has 0 spiro atoms. The summed E-state index contributed by atoms with van der Waals surface area (Å²) in [5, 5.41) is 17.4. The molecule has 0 radical (unpaired) electrons. The van der Waals surface area contributed by atoms with Gasteiger partial charge in [-0.2, -0.15) is 0 Å². The fourth-order valence-electron chi connectivity index (χ4n) is 1.79. The number of rotatable bonds is 4. The van der Waals surface area contributed by atoms with Crippen LogP contribution in [0.4, 0.5) is 0 Å². The molecule has 94 valence electrons.